The summed E-state index contributed by atoms with van der Waals surface area (Å²) in [4.78, 5) is 4.02. The molecule has 0 unspecified atom stereocenters. The van der Waals surface area contributed by atoms with Crippen molar-refractivity contribution in [2.45, 2.75) is 13.3 Å². The van der Waals surface area contributed by atoms with E-state index in [1.807, 2.05) is 19.1 Å². The van der Waals surface area contributed by atoms with Crippen LogP contribution in [0.25, 0.3) is 0 Å². The lowest BCUT2D eigenvalue weighted by molar-refractivity contribution is 0.461. The van der Waals surface area contributed by atoms with Crippen molar-refractivity contribution >= 4 is 17.3 Å². The Bertz CT molecular complexity index is 650. The summed E-state index contributed by atoms with van der Waals surface area (Å²) < 4.78 is 5.61. The van der Waals surface area contributed by atoms with Gasteiger partial charge in [-0.05, 0) is 36.2 Å². The molecule has 0 aliphatic carbocycles. The maximum absolute atomic E-state index is 9.02. The second-order valence-corrected chi connectivity index (χ2v) is 4.35. The number of nitrogens with two attached hydrogens (primary N) is 1. The van der Waals surface area contributed by atoms with Gasteiger partial charge in [0.25, 0.3) is 0 Å². The van der Waals surface area contributed by atoms with Gasteiger partial charge in [-0.25, -0.2) is 4.98 Å². The van der Waals surface area contributed by atoms with Crippen LogP contribution in [0, 0.1) is 11.3 Å². The second-order valence-electron chi connectivity index (χ2n) is 3.94. The molecule has 0 aliphatic rings. The lowest BCUT2D eigenvalue weighted by Gasteiger charge is -2.08. The maximum Gasteiger partial charge on any atom is 0.237 e. The molecule has 2 N–H and O–H groups in total. The molecular weight excluding hydrogens is 262 g/mol. The highest BCUT2D eigenvalue weighted by Gasteiger charge is 2.08. The molecule has 0 atom stereocenters. The molecular formula is C14H12ClN3O. The standard InChI is InChI=1S/C14H12ClN3O/c1-2-9-6-12(3-4-13(9)15)19-14-10(7-16)5-11(17)8-18-14/h3-6,8H,2,17H2,1H3. The fourth-order valence-electron chi connectivity index (χ4n) is 1.63. The summed E-state index contributed by atoms with van der Waals surface area (Å²) in [6, 6.07) is 8.86. The number of nitrogen functional groups attached to an aromatic ring is 1. The molecule has 19 heavy (non-hydrogen) atoms. The van der Waals surface area contributed by atoms with Gasteiger partial charge in [0, 0.05) is 5.02 Å². The minimum atomic E-state index is 0.237. The Hall–Kier alpha value is -2.25. The summed E-state index contributed by atoms with van der Waals surface area (Å²) in [5.41, 5.74) is 7.28. The van der Waals surface area contributed by atoms with Gasteiger partial charge in [-0.2, -0.15) is 5.26 Å². The monoisotopic (exact) mass is 273 g/mol. The van der Waals surface area contributed by atoms with Crippen LogP contribution in [0.1, 0.15) is 18.1 Å². The first-order chi connectivity index (χ1) is 9.13. The number of pyridine rings is 1. The van der Waals surface area contributed by atoms with Crippen molar-refractivity contribution < 1.29 is 4.74 Å². The molecule has 0 radical (unpaired) electrons. The summed E-state index contributed by atoms with van der Waals surface area (Å²) >= 11 is 6.04. The van der Waals surface area contributed by atoms with Crippen LogP contribution in [0.3, 0.4) is 0 Å². The van der Waals surface area contributed by atoms with Crippen molar-refractivity contribution in [3.8, 4) is 17.7 Å². The zero-order valence-electron chi connectivity index (χ0n) is 10.4. The van der Waals surface area contributed by atoms with Crippen molar-refractivity contribution in [2.24, 2.45) is 0 Å². The van der Waals surface area contributed by atoms with Gasteiger partial charge >= 0.3 is 0 Å². The van der Waals surface area contributed by atoms with Crippen LogP contribution in [-0.4, -0.2) is 4.98 Å². The largest absolute Gasteiger partial charge is 0.438 e. The van der Waals surface area contributed by atoms with E-state index in [-0.39, 0.29) is 5.88 Å². The average Bonchev–Trinajstić information content (AvgIpc) is 2.42. The summed E-state index contributed by atoms with van der Waals surface area (Å²) in [7, 11) is 0. The van der Waals surface area contributed by atoms with E-state index in [1.165, 1.54) is 12.3 Å². The molecule has 0 amide bonds. The number of aromatic nitrogens is 1. The molecule has 0 fully saturated rings. The highest BCUT2D eigenvalue weighted by molar-refractivity contribution is 6.31. The number of benzene rings is 1. The van der Waals surface area contributed by atoms with Gasteiger partial charge in [0.15, 0.2) is 0 Å². The smallest absolute Gasteiger partial charge is 0.237 e. The lowest BCUT2D eigenvalue weighted by atomic mass is 10.1. The molecule has 2 aromatic rings. The summed E-state index contributed by atoms with van der Waals surface area (Å²) in [6.07, 6.45) is 2.25. The van der Waals surface area contributed by atoms with E-state index >= 15 is 0 Å². The summed E-state index contributed by atoms with van der Waals surface area (Å²) in [5, 5.41) is 9.71. The number of nitriles is 1. The fourth-order valence-corrected chi connectivity index (χ4v) is 1.88. The van der Waals surface area contributed by atoms with Crippen LogP contribution in [0.2, 0.25) is 5.02 Å². The number of nitrogens with zero attached hydrogens (tertiary/aromatic N) is 2. The Balaban J connectivity index is 2.34. The number of halogens is 1. The van der Waals surface area contributed by atoms with Crippen molar-refractivity contribution in [3.63, 3.8) is 0 Å². The predicted octanol–water partition coefficient (Wildman–Crippen LogP) is 3.54. The third kappa shape index (κ3) is 2.95. The Morgan fingerprint density at radius 2 is 2.21 bits per heavy atom. The Morgan fingerprint density at radius 1 is 1.42 bits per heavy atom. The van der Waals surface area contributed by atoms with Crippen molar-refractivity contribution in [1.29, 1.82) is 5.26 Å². The molecule has 0 spiro atoms. The van der Waals surface area contributed by atoms with Crippen LogP contribution < -0.4 is 10.5 Å². The first-order valence-electron chi connectivity index (χ1n) is 5.76. The van der Waals surface area contributed by atoms with Crippen LogP contribution in [0.5, 0.6) is 11.6 Å². The first-order valence-corrected chi connectivity index (χ1v) is 6.13. The first kappa shape index (κ1) is 13.2. The second kappa shape index (κ2) is 5.59. The van der Waals surface area contributed by atoms with Crippen LogP contribution in [-0.2, 0) is 6.42 Å². The van der Waals surface area contributed by atoms with Gasteiger partial charge in [0.2, 0.25) is 5.88 Å². The van der Waals surface area contributed by atoms with Crippen molar-refractivity contribution in [2.75, 3.05) is 5.73 Å². The molecule has 1 aromatic carbocycles. The highest BCUT2D eigenvalue weighted by atomic mass is 35.5. The van der Waals surface area contributed by atoms with Crippen LogP contribution in [0.4, 0.5) is 5.69 Å². The Kier molecular flexibility index (Phi) is 3.88. The summed E-state index contributed by atoms with van der Waals surface area (Å²) in [6.45, 7) is 2.01. The van der Waals surface area contributed by atoms with Gasteiger partial charge in [0.05, 0.1) is 11.9 Å². The average molecular weight is 274 g/mol. The van der Waals surface area contributed by atoms with E-state index < -0.39 is 0 Å². The van der Waals surface area contributed by atoms with E-state index in [0.29, 0.717) is 22.0 Å². The van der Waals surface area contributed by atoms with Crippen LogP contribution >= 0.6 is 11.6 Å². The Morgan fingerprint density at radius 3 is 2.89 bits per heavy atom. The number of aryl methyl sites for hydroxylation is 1. The zero-order valence-corrected chi connectivity index (χ0v) is 11.1. The van der Waals surface area contributed by atoms with E-state index in [1.54, 1.807) is 12.1 Å². The third-order valence-electron chi connectivity index (χ3n) is 2.61. The summed E-state index contributed by atoms with van der Waals surface area (Å²) in [5.74, 6) is 0.830. The molecule has 1 heterocycles. The van der Waals surface area contributed by atoms with E-state index in [0.717, 1.165) is 12.0 Å². The van der Waals surface area contributed by atoms with E-state index in [2.05, 4.69) is 4.98 Å². The zero-order chi connectivity index (χ0) is 13.8. The third-order valence-corrected chi connectivity index (χ3v) is 2.97. The minimum Gasteiger partial charge on any atom is -0.438 e. The quantitative estimate of drug-likeness (QED) is 0.928. The molecule has 2 rings (SSSR count). The topological polar surface area (TPSA) is 71.9 Å². The number of hydrogen-bond acceptors (Lipinski definition) is 4. The lowest BCUT2D eigenvalue weighted by Crippen LogP contribution is -1.95. The van der Waals surface area contributed by atoms with Gasteiger partial charge in [-0.1, -0.05) is 18.5 Å². The molecule has 4 nitrogen and oxygen atoms in total. The molecule has 0 bridgehead atoms. The van der Waals surface area contributed by atoms with Gasteiger partial charge < -0.3 is 10.5 Å². The fraction of sp³-hybridized carbons (Fsp3) is 0.143. The maximum atomic E-state index is 9.02. The number of rotatable bonds is 3. The normalized spacial score (nSPS) is 9.95. The van der Waals surface area contributed by atoms with Crippen LogP contribution in [0.15, 0.2) is 30.5 Å². The van der Waals surface area contributed by atoms with Gasteiger partial charge in [-0.15, -0.1) is 0 Å². The SMILES string of the molecule is CCc1cc(Oc2ncc(N)cc2C#N)ccc1Cl. The molecule has 96 valence electrons. The van der Waals surface area contributed by atoms with Crippen molar-refractivity contribution in [1.82, 2.24) is 4.98 Å². The van der Waals surface area contributed by atoms with Crippen molar-refractivity contribution in [3.05, 3.63) is 46.6 Å². The Labute approximate surface area is 116 Å². The van der Waals surface area contributed by atoms with E-state index in [4.69, 9.17) is 27.3 Å². The molecule has 5 heteroatoms. The molecule has 0 saturated heterocycles. The number of hydrogen-bond donors (Lipinski definition) is 1. The highest BCUT2D eigenvalue weighted by Crippen LogP contribution is 2.27. The van der Waals surface area contributed by atoms with E-state index in [9.17, 15) is 0 Å². The van der Waals surface area contributed by atoms with Gasteiger partial charge in [0.1, 0.15) is 17.4 Å². The number of ether oxygens (including phenoxy) is 1. The number of anilines is 1. The molecule has 1 aromatic heterocycles. The molecule has 0 saturated carbocycles. The predicted molar refractivity (Wildman–Crippen MR) is 74.3 cm³/mol. The molecule has 0 aliphatic heterocycles. The minimum absolute atomic E-state index is 0.237. The van der Waals surface area contributed by atoms with Gasteiger partial charge in [-0.3, -0.25) is 0 Å².